The Kier molecular flexibility index (Phi) is 9.09. The fourth-order valence-corrected chi connectivity index (χ4v) is 5.41. The molecule has 0 amide bonds. The first kappa shape index (κ1) is 30.1. The minimum atomic E-state index is -1.08. The van der Waals surface area contributed by atoms with Crippen LogP contribution in [-0.2, 0) is 16.8 Å². The number of carboxylic acid groups (broad SMARTS) is 1. The van der Waals surface area contributed by atoms with E-state index in [1.165, 1.54) is 0 Å². The average Bonchev–Trinajstić information content (AvgIpc) is 3.23. The van der Waals surface area contributed by atoms with Gasteiger partial charge < -0.3 is 29.1 Å². The number of Topliss-reactive ketones (excluding diaryl/α,β-unsaturated/α-hetero) is 1. The minimum Gasteiger partial charge on any atom is -0.490 e. The number of nitrogens with one attached hydrogen (secondary N) is 1. The standard InChI is InChI=1S/C31H40FN3O6/c1-6-39-24-15-20-16-35(30(33)26(20)27(32)29(24)40-7-2)17-23(36)19-13-21(31(3,4)5)28(41-18-25(37)38)22(14-19)34-11-9-8-10-12-34/h13-15,33H,6-12,16-18H2,1-5H3,(H,37,38). The van der Waals surface area contributed by atoms with Gasteiger partial charge in [-0.2, -0.15) is 0 Å². The third-order valence-electron chi connectivity index (χ3n) is 7.34. The Morgan fingerprint density at radius 1 is 1.00 bits per heavy atom. The zero-order chi connectivity index (χ0) is 29.9. The topological polar surface area (TPSA) is 112 Å². The van der Waals surface area contributed by atoms with Crippen molar-refractivity contribution in [2.24, 2.45) is 0 Å². The molecule has 0 unspecified atom stereocenters. The number of anilines is 1. The lowest BCUT2D eigenvalue weighted by Gasteiger charge is -2.33. The Morgan fingerprint density at radius 2 is 1.68 bits per heavy atom. The van der Waals surface area contributed by atoms with E-state index in [2.05, 4.69) is 4.90 Å². The normalized spacial score (nSPS) is 15.1. The maximum Gasteiger partial charge on any atom is 0.341 e. The summed E-state index contributed by atoms with van der Waals surface area (Å²) in [6.07, 6.45) is 3.09. The lowest BCUT2D eigenvalue weighted by molar-refractivity contribution is -0.139. The number of carbonyl (C=O) groups excluding carboxylic acids is 1. The van der Waals surface area contributed by atoms with Gasteiger partial charge in [0, 0.05) is 30.8 Å². The van der Waals surface area contributed by atoms with Gasteiger partial charge in [0.05, 0.1) is 31.0 Å². The number of carbonyl (C=O) groups is 2. The van der Waals surface area contributed by atoms with Crippen LogP contribution in [0.2, 0.25) is 0 Å². The Labute approximate surface area is 240 Å². The molecule has 0 aromatic heterocycles. The van der Waals surface area contributed by atoms with E-state index in [9.17, 15) is 14.7 Å². The molecule has 0 radical (unpaired) electrons. The molecular formula is C31H40FN3O6. The molecule has 9 nitrogen and oxygen atoms in total. The average molecular weight is 570 g/mol. The van der Waals surface area contributed by atoms with Crippen LogP contribution in [-0.4, -0.2) is 67.0 Å². The number of fused-ring (bicyclic) bond motifs is 1. The highest BCUT2D eigenvalue weighted by atomic mass is 19.1. The molecular weight excluding hydrogens is 529 g/mol. The Bertz CT molecular complexity index is 1330. The van der Waals surface area contributed by atoms with Gasteiger partial charge in [0.2, 0.25) is 0 Å². The molecule has 2 aliphatic heterocycles. The highest BCUT2D eigenvalue weighted by molar-refractivity contribution is 6.06. The van der Waals surface area contributed by atoms with Crippen LogP contribution in [0.1, 0.15) is 80.9 Å². The lowest BCUT2D eigenvalue weighted by Crippen LogP contribution is -2.32. The second kappa shape index (κ2) is 12.4. The third-order valence-corrected chi connectivity index (χ3v) is 7.34. The van der Waals surface area contributed by atoms with Gasteiger partial charge in [-0.25, -0.2) is 9.18 Å². The number of ketones is 1. The van der Waals surface area contributed by atoms with E-state index in [1.54, 1.807) is 36.9 Å². The number of amidine groups is 1. The molecule has 0 bridgehead atoms. The summed E-state index contributed by atoms with van der Waals surface area (Å²) in [5, 5.41) is 18.0. The van der Waals surface area contributed by atoms with Crippen LogP contribution in [0.5, 0.6) is 17.2 Å². The number of rotatable bonds is 11. The first-order valence-electron chi connectivity index (χ1n) is 14.2. The van der Waals surface area contributed by atoms with Gasteiger partial charge in [0.25, 0.3) is 0 Å². The molecule has 0 aliphatic carbocycles. The van der Waals surface area contributed by atoms with Crippen molar-refractivity contribution < 1.29 is 33.3 Å². The fraction of sp³-hybridized carbons (Fsp3) is 0.516. The van der Waals surface area contributed by atoms with Crippen LogP contribution < -0.4 is 19.1 Å². The quantitative estimate of drug-likeness (QED) is 0.346. The summed E-state index contributed by atoms with van der Waals surface area (Å²) < 4.78 is 32.5. The molecule has 4 rings (SSSR count). The number of carboxylic acids is 1. The van der Waals surface area contributed by atoms with Gasteiger partial charge in [-0.1, -0.05) is 20.8 Å². The second-order valence-corrected chi connectivity index (χ2v) is 11.4. The number of piperidine rings is 1. The zero-order valence-corrected chi connectivity index (χ0v) is 24.6. The summed E-state index contributed by atoms with van der Waals surface area (Å²) in [5.41, 5.74) is 2.11. The van der Waals surface area contributed by atoms with Crippen LogP contribution >= 0.6 is 0 Å². The number of aliphatic carboxylic acids is 1. The number of halogens is 1. The van der Waals surface area contributed by atoms with Crippen LogP contribution in [0, 0.1) is 11.2 Å². The molecule has 2 aliphatic rings. The summed E-state index contributed by atoms with van der Waals surface area (Å²) in [7, 11) is 0. The largest absolute Gasteiger partial charge is 0.490 e. The predicted octanol–water partition coefficient (Wildman–Crippen LogP) is 5.40. The molecule has 0 atom stereocenters. The zero-order valence-electron chi connectivity index (χ0n) is 24.6. The van der Waals surface area contributed by atoms with Crippen molar-refractivity contribution >= 4 is 23.3 Å². The number of nitrogens with zero attached hydrogens (tertiary/aromatic N) is 2. The lowest BCUT2D eigenvalue weighted by atomic mass is 9.84. The van der Waals surface area contributed by atoms with E-state index in [-0.39, 0.29) is 48.4 Å². The van der Waals surface area contributed by atoms with E-state index in [0.717, 1.165) is 37.9 Å². The molecule has 10 heteroatoms. The van der Waals surface area contributed by atoms with Crippen molar-refractivity contribution in [1.82, 2.24) is 4.90 Å². The maximum absolute atomic E-state index is 15.5. The second-order valence-electron chi connectivity index (χ2n) is 11.4. The number of benzene rings is 2. The maximum atomic E-state index is 15.5. The summed E-state index contributed by atoms with van der Waals surface area (Å²) >= 11 is 0. The van der Waals surface area contributed by atoms with E-state index in [4.69, 9.17) is 19.6 Å². The van der Waals surface area contributed by atoms with Crippen molar-refractivity contribution in [1.29, 1.82) is 5.41 Å². The number of hydrogen-bond donors (Lipinski definition) is 2. The van der Waals surface area contributed by atoms with Gasteiger partial charge in [0.15, 0.2) is 29.7 Å². The third kappa shape index (κ3) is 6.41. The van der Waals surface area contributed by atoms with E-state index in [0.29, 0.717) is 29.2 Å². The molecule has 41 heavy (non-hydrogen) atoms. The van der Waals surface area contributed by atoms with Crippen molar-refractivity contribution in [2.75, 3.05) is 44.4 Å². The molecule has 2 aromatic carbocycles. The highest BCUT2D eigenvalue weighted by Crippen LogP contribution is 2.42. The molecule has 222 valence electrons. The van der Waals surface area contributed by atoms with Crippen molar-refractivity contribution in [2.45, 2.75) is 65.8 Å². The fourth-order valence-electron chi connectivity index (χ4n) is 5.41. The summed E-state index contributed by atoms with van der Waals surface area (Å²) in [4.78, 5) is 28.9. The van der Waals surface area contributed by atoms with Crippen molar-refractivity contribution in [3.8, 4) is 17.2 Å². The monoisotopic (exact) mass is 569 g/mol. The summed E-state index contributed by atoms with van der Waals surface area (Å²) in [5.74, 6) is -1.30. The molecule has 2 heterocycles. The van der Waals surface area contributed by atoms with E-state index >= 15 is 4.39 Å². The molecule has 2 aromatic rings. The van der Waals surface area contributed by atoms with Gasteiger partial charge in [-0.15, -0.1) is 0 Å². The van der Waals surface area contributed by atoms with Crippen LogP contribution in [0.15, 0.2) is 18.2 Å². The van der Waals surface area contributed by atoms with E-state index < -0.39 is 23.8 Å². The summed E-state index contributed by atoms with van der Waals surface area (Å²) in [6.45, 7) is 11.2. The van der Waals surface area contributed by atoms with Crippen LogP contribution in [0.4, 0.5) is 10.1 Å². The van der Waals surface area contributed by atoms with Gasteiger partial charge in [0.1, 0.15) is 11.6 Å². The minimum absolute atomic E-state index is 0.0241. The molecule has 0 spiro atoms. The number of hydrogen-bond acceptors (Lipinski definition) is 7. The van der Waals surface area contributed by atoms with Crippen LogP contribution in [0.25, 0.3) is 0 Å². The van der Waals surface area contributed by atoms with E-state index in [1.807, 2.05) is 20.8 Å². The first-order valence-corrected chi connectivity index (χ1v) is 14.2. The van der Waals surface area contributed by atoms with Gasteiger partial charge in [-0.05, 0) is 62.3 Å². The molecule has 2 N–H and O–H groups in total. The van der Waals surface area contributed by atoms with Gasteiger partial charge in [-0.3, -0.25) is 10.2 Å². The molecule has 1 fully saturated rings. The first-order chi connectivity index (χ1) is 19.5. The SMILES string of the molecule is CCOc1cc2c(c(F)c1OCC)C(=N)N(CC(=O)c1cc(N3CCCCC3)c(OCC(=O)O)c(C(C)(C)C)c1)C2. The Balaban J connectivity index is 1.69. The number of ether oxygens (including phenoxy) is 3. The molecule has 0 saturated carbocycles. The molecule has 1 saturated heterocycles. The summed E-state index contributed by atoms with van der Waals surface area (Å²) in [6, 6.07) is 5.22. The van der Waals surface area contributed by atoms with Crippen molar-refractivity contribution in [3.63, 3.8) is 0 Å². The van der Waals surface area contributed by atoms with Crippen molar-refractivity contribution in [3.05, 3.63) is 46.3 Å². The Morgan fingerprint density at radius 3 is 2.29 bits per heavy atom. The van der Waals surface area contributed by atoms with Crippen LogP contribution in [0.3, 0.4) is 0 Å². The Hall–Kier alpha value is -3.82. The highest BCUT2D eigenvalue weighted by Gasteiger charge is 2.34. The predicted molar refractivity (Wildman–Crippen MR) is 155 cm³/mol. The van der Waals surface area contributed by atoms with Gasteiger partial charge >= 0.3 is 5.97 Å². The smallest absolute Gasteiger partial charge is 0.341 e.